The first-order chi connectivity index (χ1) is 8.45. The maximum absolute atomic E-state index is 13.2. The van der Waals surface area contributed by atoms with E-state index in [2.05, 4.69) is 4.98 Å². The Balaban J connectivity index is 2.39. The highest BCUT2D eigenvalue weighted by atomic mass is 19.1. The van der Waals surface area contributed by atoms with Crippen molar-refractivity contribution in [3.8, 4) is 0 Å². The number of aliphatic hydroxyl groups excluding tert-OH is 2. The van der Waals surface area contributed by atoms with E-state index in [9.17, 15) is 24.5 Å². The number of nitrogens with two attached hydrogens (primary N) is 1. The van der Waals surface area contributed by atoms with Crippen LogP contribution in [0.4, 0.5) is 10.2 Å². The summed E-state index contributed by atoms with van der Waals surface area (Å²) in [6, 6.07) is 0. The van der Waals surface area contributed by atoms with Gasteiger partial charge in [-0.2, -0.15) is 4.98 Å². The van der Waals surface area contributed by atoms with Crippen LogP contribution in [0.1, 0.15) is 6.23 Å². The van der Waals surface area contributed by atoms with Gasteiger partial charge in [-0.05, 0) is 0 Å². The number of hydrogen-bond acceptors (Lipinski definition) is 6. The van der Waals surface area contributed by atoms with Gasteiger partial charge in [0.25, 0.3) is 0 Å². The summed E-state index contributed by atoms with van der Waals surface area (Å²) in [6.45, 7) is -0.797. The van der Waals surface area contributed by atoms with Gasteiger partial charge in [0, 0.05) is 0 Å². The van der Waals surface area contributed by atoms with Gasteiger partial charge in [-0.1, -0.05) is 0 Å². The van der Waals surface area contributed by atoms with Crippen LogP contribution in [0, 0.1) is 5.82 Å². The molecule has 0 aromatic carbocycles. The third-order valence-electron chi connectivity index (χ3n) is 2.71. The van der Waals surface area contributed by atoms with Crippen LogP contribution in [-0.4, -0.2) is 44.7 Å². The molecule has 99 valence electrons. The van der Waals surface area contributed by atoms with Gasteiger partial charge in [-0.15, -0.1) is 0 Å². The Morgan fingerprint density at radius 1 is 1.50 bits per heavy atom. The van der Waals surface area contributed by atoms with Crippen molar-refractivity contribution >= 4 is 5.82 Å². The van der Waals surface area contributed by atoms with E-state index >= 15 is 0 Å². The molecule has 1 saturated heterocycles. The van der Waals surface area contributed by atoms with Crippen LogP contribution in [0.15, 0.2) is 11.0 Å². The molecule has 0 unspecified atom stereocenters. The molecule has 0 amide bonds. The molecular formula is C9H11FN3O5. The van der Waals surface area contributed by atoms with Crippen molar-refractivity contribution in [3.05, 3.63) is 22.5 Å². The minimum atomic E-state index is -1.52. The Kier molecular flexibility index (Phi) is 3.30. The van der Waals surface area contributed by atoms with E-state index in [1.807, 2.05) is 0 Å². The Bertz CT molecular complexity index is 507. The molecule has 9 heteroatoms. The average Bonchev–Trinajstić information content (AvgIpc) is 2.61. The molecule has 4 atom stereocenters. The number of hydrogen-bond donors (Lipinski definition) is 3. The van der Waals surface area contributed by atoms with Crippen molar-refractivity contribution < 1.29 is 24.4 Å². The molecule has 2 heterocycles. The average molecular weight is 260 g/mol. The van der Waals surface area contributed by atoms with Crippen LogP contribution in [0.5, 0.6) is 0 Å². The monoisotopic (exact) mass is 260 g/mol. The molecule has 18 heavy (non-hydrogen) atoms. The largest absolute Gasteiger partial charge is 0.387 e. The van der Waals surface area contributed by atoms with Gasteiger partial charge in [-0.25, -0.2) is 14.3 Å². The van der Waals surface area contributed by atoms with Gasteiger partial charge in [0.1, 0.15) is 24.9 Å². The Hall–Kier alpha value is -1.55. The van der Waals surface area contributed by atoms with E-state index in [0.29, 0.717) is 10.8 Å². The normalized spacial score (nSPS) is 31.8. The van der Waals surface area contributed by atoms with Crippen LogP contribution >= 0.6 is 0 Å². The van der Waals surface area contributed by atoms with Gasteiger partial charge < -0.3 is 20.7 Å². The Labute approximate surface area is 100 Å². The van der Waals surface area contributed by atoms with Crippen molar-refractivity contribution in [1.82, 2.24) is 9.55 Å². The number of nitrogen functional groups attached to an aromatic ring is 1. The lowest BCUT2D eigenvalue weighted by atomic mass is 10.1. The third kappa shape index (κ3) is 1.97. The maximum Gasteiger partial charge on any atom is 0.351 e. The lowest BCUT2D eigenvalue weighted by Crippen LogP contribution is -2.36. The molecule has 4 N–H and O–H groups in total. The summed E-state index contributed by atoms with van der Waals surface area (Å²) >= 11 is 0. The fourth-order valence-electron chi connectivity index (χ4n) is 1.74. The zero-order valence-corrected chi connectivity index (χ0v) is 9.06. The highest BCUT2D eigenvalue weighted by Gasteiger charge is 2.44. The summed E-state index contributed by atoms with van der Waals surface area (Å²) in [5.41, 5.74) is 4.15. The number of aliphatic hydroxyl groups is 2. The number of anilines is 1. The third-order valence-corrected chi connectivity index (χ3v) is 2.71. The fraction of sp³-hybridized carbons (Fsp3) is 0.556. The van der Waals surface area contributed by atoms with Gasteiger partial charge in [0.15, 0.2) is 17.9 Å². The highest BCUT2D eigenvalue weighted by Crippen LogP contribution is 2.28. The number of aromatic nitrogens is 2. The van der Waals surface area contributed by atoms with E-state index in [0.717, 1.165) is 0 Å². The summed E-state index contributed by atoms with van der Waals surface area (Å²) in [5.74, 6) is -1.55. The van der Waals surface area contributed by atoms with Gasteiger partial charge in [0.2, 0.25) is 0 Å². The molecule has 0 aliphatic carbocycles. The van der Waals surface area contributed by atoms with Crippen LogP contribution in [0.2, 0.25) is 0 Å². The standard InChI is InChI=1S/C9H11FN3O5/c10-3-1-13(9(17)12-7(3)11)8-6(16)5(15)4(2-14)18-8/h1,4-6,8,15-16H,2H2,(H2,11,12,17)/t4-,5-,6-,8-/m1/s1. The van der Waals surface area contributed by atoms with E-state index < -0.39 is 48.5 Å². The highest BCUT2D eigenvalue weighted by molar-refractivity contribution is 5.26. The van der Waals surface area contributed by atoms with Crippen molar-refractivity contribution in [2.24, 2.45) is 0 Å². The molecule has 1 aliphatic rings. The van der Waals surface area contributed by atoms with Crippen LogP contribution < -0.4 is 11.4 Å². The summed E-state index contributed by atoms with van der Waals surface area (Å²) in [7, 11) is 0. The lowest BCUT2D eigenvalue weighted by molar-refractivity contribution is -0.0658. The molecular weight excluding hydrogens is 249 g/mol. The zero-order chi connectivity index (χ0) is 13.4. The SMILES string of the molecule is Nc1nc(=O)n([C@@H]2O[C@H](C[O])[C@@H](O)[C@H]2O)cc1F. The van der Waals surface area contributed by atoms with E-state index in [4.69, 9.17) is 10.5 Å². The van der Waals surface area contributed by atoms with Crippen molar-refractivity contribution in [2.75, 3.05) is 12.3 Å². The van der Waals surface area contributed by atoms with Crippen molar-refractivity contribution in [2.45, 2.75) is 24.5 Å². The second-order valence-electron chi connectivity index (χ2n) is 3.88. The Morgan fingerprint density at radius 3 is 2.72 bits per heavy atom. The lowest BCUT2D eigenvalue weighted by Gasteiger charge is -2.17. The molecule has 0 saturated carbocycles. The summed E-state index contributed by atoms with van der Waals surface area (Å²) in [6.07, 6.45) is -4.80. The second-order valence-corrected chi connectivity index (χ2v) is 3.88. The maximum atomic E-state index is 13.2. The summed E-state index contributed by atoms with van der Waals surface area (Å²) in [4.78, 5) is 14.7. The molecule has 0 bridgehead atoms. The van der Waals surface area contributed by atoms with Crippen molar-refractivity contribution in [3.63, 3.8) is 0 Å². The first-order valence-electron chi connectivity index (χ1n) is 5.09. The quantitative estimate of drug-likeness (QED) is 0.564. The number of rotatable bonds is 2. The van der Waals surface area contributed by atoms with Crippen LogP contribution in [0.25, 0.3) is 0 Å². The number of halogens is 1. The van der Waals surface area contributed by atoms with Gasteiger partial charge >= 0.3 is 5.69 Å². The fourth-order valence-corrected chi connectivity index (χ4v) is 1.74. The number of nitrogens with zero attached hydrogens (tertiary/aromatic N) is 2. The second kappa shape index (κ2) is 4.61. The molecule has 1 fully saturated rings. The zero-order valence-electron chi connectivity index (χ0n) is 9.06. The van der Waals surface area contributed by atoms with Crippen molar-refractivity contribution in [1.29, 1.82) is 0 Å². The first-order valence-corrected chi connectivity index (χ1v) is 5.09. The first kappa shape index (κ1) is 12.9. The minimum Gasteiger partial charge on any atom is -0.387 e. The topological polar surface area (TPSA) is 130 Å². The van der Waals surface area contributed by atoms with E-state index in [1.165, 1.54) is 0 Å². The predicted molar refractivity (Wildman–Crippen MR) is 54.3 cm³/mol. The molecule has 1 aromatic rings. The smallest absolute Gasteiger partial charge is 0.351 e. The predicted octanol–water partition coefficient (Wildman–Crippen LogP) is -1.99. The van der Waals surface area contributed by atoms with Crippen LogP contribution in [0.3, 0.4) is 0 Å². The Morgan fingerprint density at radius 2 is 2.17 bits per heavy atom. The van der Waals surface area contributed by atoms with E-state index in [1.54, 1.807) is 0 Å². The minimum absolute atomic E-state index is 0.579. The van der Waals surface area contributed by atoms with Gasteiger partial charge in [-0.3, -0.25) is 4.57 Å². The van der Waals surface area contributed by atoms with Gasteiger partial charge in [0.05, 0.1) is 6.20 Å². The molecule has 1 aliphatic heterocycles. The molecule has 0 spiro atoms. The van der Waals surface area contributed by atoms with Crippen LogP contribution in [-0.2, 0) is 9.84 Å². The molecule has 1 aromatic heterocycles. The summed E-state index contributed by atoms with van der Waals surface area (Å²) < 4.78 is 18.9. The molecule has 8 nitrogen and oxygen atoms in total. The molecule has 2 rings (SSSR count). The van der Waals surface area contributed by atoms with E-state index in [-0.39, 0.29) is 0 Å². The molecule has 1 radical (unpaired) electrons. The number of ether oxygens (including phenoxy) is 1. The summed E-state index contributed by atoms with van der Waals surface area (Å²) in [5, 5.41) is 29.8.